The second kappa shape index (κ2) is 10.3. The van der Waals surface area contributed by atoms with Gasteiger partial charge in [-0.25, -0.2) is 22.3 Å². The lowest BCUT2D eigenvalue weighted by molar-refractivity contribution is 0.0519. The van der Waals surface area contributed by atoms with Gasteiger partial charge >= 0.3 is 5.97 Å². The van der Waals surface area contributed by atoms with Gasteiger partial charge in [0.2, 0.25) is 0 Å². The summed E-state index contributed by atoms with van der Waals surface area (Å²) in [6, 6.07) is 16.1. The Hall–Kier alpha value is -5.04. The van der Waals surface area contributed by atoms with Crippen molar-refractivity contribution in [2.75, 3.05) is 23.9 Å². The van der Waals surface area contributed by atoms with E-state index in [4.69, 9.17) is 15.0 Å². The molecule has 204 valence electrons. The van der Waals surface area contributed by atoms with E-state index in [9.17, 15) is 18.0 Å². The van der Waals surface area contributed by atoms with Crippen LogP contribution >= 0.6 is 0 Å². The van der Waals surface area contributed by atoms with Crippen molar-refractivity contribution in [2.45, 2.75) is 11.8 Å². The number of aromatic nitrogens is 3. The molecule has 2 heterocycles. The second-order valence-corrected chi connectivity index (χ2v) is 10.7. The number of ether oxygens (including phenoxy) is 1. The van der Waals surface area contributed by atoms with E-state index < -0.39 is 27.5 Å². The number of rotatable bonds is 7. The average Bonchev–Trinajstić information content (AvgIpc) is 3.54. The molecule has 0 bridgehead atoms. The van der Waals surface area contributed by atoms with Gasteiger partial charge in [-0.1, -0.05) is 29.4 Å². The van der Waals surface area contributed by atoms with Gasteiger partial charge in [-0.3, -0.25) is 4.79 Å². The number of nitrogens with zero attached hydrogens (tertiary/aromatic N) is 3. The lowest BCUT2D eigenvalue weighted by atomic mass is 10.0. The molecule has 0 atom stereocenters. The molecule has 5 aromatic rings. The molecular weight excluding hydrogens is 541 g/mol. The standard InChI is InChI=1S/C27H22FN5O6S/c1-3-38-27(35)21-14-22(33(31-21)16-9-11-23-18(13-16)25(29)32-39-23)26(34)30-20-10-8-15(12-19(20)28)17-6-4-5-7-24(17)40(2,36)37/h4-14H,3H2,1-2H3,(H2,29,32)(H,30,34). The molecular formula is C27H22FN5O6S. The van der Waals surface area contributed by atoms with Gasteiger partial charge in [-0.05, 0) is 48.9 Å². The summed E-state index contributed by atoms with van der Waals surface area (Å²) in [6.07, 6.45) is 1.07. The molecule has 3 aromatic carbocycles. The Balaban J connectivity index is 1.51. The number of fused-ring (bicyclic) bond motifs is 1. The van der Waals surface area contributed by atoms with Crippen LogP contribution in [0.1, 0.15) is 27.9 Å². The minimum atomic E-state index is -3.57. The summed E-state index contributed by atoms with van der Waals surface area (Å²) in [7, 11) is -3.57. The van der Waals surface area contributed by atoms with Crippen molar-refractivity contribution < 1.29 is 31.7 Å². The summed E-state index contributed by atoms with van der Waals surface area (Å²) in [6.45, 7) is 1.72. The summed E-state index contributed by atoms with van der Waals surface area (Å²) in [5.74, 6) is -2.20. The average molecular weight is 564 g/mol. The summed E-state index contributed by atoms with van der Waals surface area (Å²) in [5.41, 5.74) is 6.85. The van der Waals surface area contributed by atoms with Gasteiger partial charge < -0.3 is 20.3 Å². The van der Waals surface area contributed by atoms with Crippen molar-refractivity contribution in [1.29, 1.82) is 0 Å². The third-order valence-electron chi connectivity index (χ3n) is 5.97. The van der Waals surface area contributed by atoms with E-state index in [1.807, 2.05) is 0 Å². The van der Waals surface area contributed by atoms with Gasteiger partial charge in [0.1, 0.15) is 11.5 Å². The van der Waals surface area contributed by atoms with Crippen LogP contribution in [0, 0.1) is 5.82 Å². The number of benzene rings is 3. The number of hydrogen-bond acceptors (Lipinski definition) is 9. The maximum absolute atomic E-state index is 15.2. The Morgan fingerprint density at radius 1 is 1.10 bits per heavy atom. The summed E-state index contributed by atoms with van der Waals surface area (Å²) in [5, 5.41) is 10.9. The van der Waals surface area contributed by atoms with Crippen molar-refractivity contribution in [1.82, 2.24) is 14.9 Å². The van der Waals surface area contributed by atoms with Crippen LogP contribution < -0.4 is 11.1 Å². The van der Waals surface area contributed by atoms with E-state index in [1.54, 1.807) is 43.3 Å². The predicted molar refractivity (Wildman–Crippen MR) is 144 cm³/mol. The molecule has 11 nitrogen and oxygen atoms in total. The van der Waals surface area contributed by atoms with Crippen LogP contribution in [-0.2, 0) is 14.6 Å². The maximum Gasteiger partial charge on any atom is 0.358 e. The lowest BCUT2D eigenvalue weighted by Crippen LogP contribution is -2.17. The first-order chi connectivity index (χ1) is 19.1. The molecule has 0 spiro atoms. The fourth-order valence-electron chi connectivity index (χ4n) is 4.12. The number of nitrogen functional groups attached to an aromatic ring is 1. The molecule has 0 saturated heterocycles. The first-order valence-corrected chi connectivity index (χ1v) is 13.8. The van der Waals surface area contributed by atoms with Crippen LogP contribution in [0.15, 0.2) is 76.1 Å². The largest absolute Gasteiger partial charge is 0.461 e. The van der Waals surface area contributed by atoms with Crippen LogP contribution in [0.4, 0.5) is 15.9 Å². The zero-order chi connectivity index (χ0) is 28.6. The highest BCUT2D eigenvalue weighted by atomic mass is 32.2. The van der Waals surface area contributed by atoms with Gasteiger partial charge in [0, 0.05) is 17.9 Å². The number of halogens is 1. The summed E-state index contributed by atoms with van der Waals surface area (Å²) < 4.78 is 50.9. The van der Waals surface area contributed by atoms with E-state index in [1.165, 1.54) is 28.9 Å². The third-order valence-corrected chi connectivity index (χ3v) is 7.12. The SMILES string of the molecule is CCOC(=O)c1cc(C(=O)Nc2ccc(-c3ccccc3S(C)(=O)=O)cc2F)n(-c2ccc3onc(N)c3c2)n1. The maximum atomic E-state index is 15.2. The Kier molecular flexibility index (Phi) is 6.81. The number of nitrogens with two attached hydrogens (primary N) is 1. The fraction of sp³-hybridized carbons (Fsp3) is 0.111. The molecule has 13 heteroatoms. The van der Waals surface area contributed by atoms with Crippen LogP contribution in [0.25, 0.3) is 27.8 Å². The van der Waals surface area contributed by atoms with E-state index in [0.29, 0.717) is 27.8 Å². The van der Waals surface area contributed by atoms with Gasteiger partial charge in [-0.2, -0.15) is 5.10 Å². The van der Waals surface area contributed by atoms with E-state index >= 15 is 4.39 Å². The van der Waals surface area contributed by atoms with Gasteiger partial charge in [0.05, 0.1) is 28.3 Å². The summed E-state index contributed by atoms with van der Waals surface area (Å²) in [4.78, 5) is 25.8. The highest BCUT2D eigenvalue weighted by Crippen LogP contribution is 2.30. The number of anilines is 2. The monoisotopic (exact) mass is 563 g/mol. The summed E-state index contributed by atoms with van der Waals surface area (Å²) >= 11 is 0. The van der Waals surface area contributed by atoms with Crippen LogP contribution in [0.2, 0.25) is 0 Å². The van der Waals surface area contributed by atoms with E-state index in [2.05, 4.69) is 15.6 Å². The number of esters is 1. The van der Waals surface area contributed by atoms with Crippen LogP contribution in [0.3, 0.4) is 0 Å². The van der Waals surface area contributed by atoms with E-state index in [0.717, 1.165) is 12.3 Å². The number of carbonyl (C=O) groups excluding carboxylic acids is 2. The first kappa shape index (κ1) is 26.6. The molecule has 0 radical (unpaired) electrons. The van der Waals surface area contributed by atoms with Gasteiger partial charge in [0.15, 0.2) is 26.9 Å². The van der Waals surface area contributed by atoms with Gasteiger partial charge in [-0.15, -0.1) is 0 Å². The number of carbonyl (C=O) groups is 2. The number of amides is 1. The lowest BCUT2D eigenvalue weighted by Gasteiger charge is -2.12. The zero-order valence-electron chi connectivity index (χ0n) is 21.2. The highest BCUT2D eigenvalue weighted by Gasteiger charge is 2.23. The minimum absolute atomic E-state index is 0.0482. The number of sulfone groups is 1. The Morgan fingerprint density at radius 2 is 1.88 bits per heavy atom. The van der Waals surface area contributed by atoms with Crippen LogP contribution in [0.5, 0.6) is 0 Å². The molecule has 0 aliphatic heterocycles. The Bertz CT molecular complexity index is 1900. The molecule has 5 rings (SSSR count). The predicted octanol–water partition coefficient (Wildman–Crippen LogP) is 4.23. The topological polar surface area (TPSA) is 159 Å². The van der Waals surface area contributed by atoms with Crippen molar-refractivity contribution in [3.63, 3.8) is 0 Å². The Morgan fingerprint density at radius 3 is 2.60 bits per heavy atom. The van der Waals surface area contributed by atoms with Crippen molar-refractivity contribution >= 4 is 44.2 Å². The molecule has 0 aliphatic carbocycles. The molecule has 3 N–H and O–H groups in total. The smallest absolute Gasteiger partial charge is 0.358 e. The zero-order valence-corrected chi connectivity index (χ0v) is 22.0. The normalized spacial score (nSPS) is 11.5. The Labute approximate surface area is 227 Å². The van der Waals surface area contributed by atoms with Crippen molar-refractivity contribution in [3.8, 4) is 16.8 Å². The van der Waals surface area contributed by atoms with Crippen molar-refractivity contribution in [3.05, 3.63) is 83.9 Å². The molecule has 0 unspecified atom stereocenters. The molecule has 1 amide bonds. The van der Waals surface area contributed by atoms with Crippen molar-refractivity contribution in [2.24, 2.45) is 0 Å². The highest BCUT2D eigenvalue weighted by molar-refractivity contribution is 7.90. The number of nitrogens with one attached hydrogen (secondary N) is 1. The quantitative estimate of drug-likeness (QED) is 0.276. The fourth-order valence-corrected chi connectivity index (χ4v) is 5.03. The molecule has 2 aromatic heterocycles. The van der Waals surface area contributed by atoms with Gasteiger partial charge in [0.25, 0.3) is 5.91 Å². The molecule has 40 heavy (non-hydrogen) atoms. The number of hydrogen-bond donors (Lipinski definition) is 2. The minimum Gasteiger partial charge on any atom is -0.461 e. The molecule has 0 fully saturated rings. The third kappa shape index (κ3) is 5.01. The molecule has 0 aliphatic rings. The van der Waals surface area contributed by atoms with Crippen LogP contribution in [-0.4, -0.2) is 48.1 Å². The second-order valence-electron chi connectivity index (χ2n) is 8.71. The first-order valence-electron chi connectivity index (χ1n) is 11.9. The van der Waals surface area contributed by atoms with E-state index in [-0.39, 0.29) is 34.4 Å². The molecule has 0 saturated carbocycles.